The molecule has 0 bridgehead atoms. The van der Waals surface area contributed by atoms with Gasteiger partial charge in [-0.05, 0) is 6.92 Å². The molecule has 0 spiro atoms. The normalized spacial score (nSPS) is 10.6. The maximum absolute atomic E-state index is 13.3. The van der Waals surface area contributed by atoms with Gasteiger partial charge in [-0.1, -0.05) is 0 Å². The molecule has 6 heteroatoms. The minimum Gasteiger partial charge on any atom is -0.378 e. The molecule has 0 aliphatic carbocycles. The predicted octanol–water partition coefficient (Wildman–Crippen LogP) is 3.48. The van der Waals surface area contributed by atoms with Gasteiger partial charge in [-0.25, -0.2) is 18.2 Å². The first-order chi connectivity index (χ1) is 8.08. The number of hydrogen-bond acceptors (Lipinski definition) is 3. The van der Waals surface area contributed by atoms with E-state index in [2.05, 4.69) is 10.3 Å². The van der Waals surface area contributed by atoms with E-state index in [1.165, 1.54) is 11.3 Å². The Balaban J connectivity index is 2.14. The maximum Gasteiger partial charge on any atom is 0.161 e. The highest BCUT2D eigenvalue weighted by molar-refractivity contribution is 7.09. The van der Waals surface area contributed by atoms with Crippen molar-refractivity contribution in [3.05, 3.63) is 45.7 Å². The molecule has 1 heterocycles. The number of thiazole rings is 1. The number of benzene rings is 1. The fraction of sp³-hybridized carbons (Fsp3) is 0.182. The Morgan fingerprint density at radius 3 is 2.53 bits per heavy atom. The van der Waals surface area contributed by atoms with Gasteiger partial charge < -0.3 is 5.32 Å². The van der Waals surface area contributed by atoms with Crippen LogP contribution in [0.1, 0.15) is 10.6 Å². The molecule has 0 aliphatic heterocycles. The molecule has 2 rings (SSSR count). The number of nitrogens with one attached hydrogen (secondary N) is 1. The largest absolute Gasteiger partial charge is 0.378 e. The maximum atomic E-state index is 13.3. The molecule has 0 radical (unpaired) electrons. The highest BCUT2D eigenvalue weighted by Crippen LogP contribution is 2.20. The van der Waals surface area contributed by atoms with E-state index in [4.69, 9.17) is 0 Å². The van der Waals surface area contributed by atoms with Gasteiger partial charge in [-0.2, -0.15) is 0 Å². The van der Waals surface area contributed by atoms with E-state index >= 15 is 0 Å². The molecule has 1 N–H and O–H groups in total. The monoisotopic (exact) mass is 258 g/mol. The zero-order chi connectivity index (χ0) is 12.4. The summed E-state index contributed by atoms with van der Waals surface area (Å²) in [5, 5.41) is 2.71. The van der Waals surface area contributed by atoms with Gasteiger partial charge in [0.2, 0.25) is 0 Å². The van der Waals surface area contributed by atoms with E-state index in [1.54, 1.807) is 5.51 Å². The average Bonchev–Trinajstić information content (AvgIpc) is 2.68. The van der Waals surface area contributed by atoms with Crippen molar-refractivity contribution in [2.24, 2.45) is 0 Å². The van der Waals surface area contributed by atoms with Gasteiger partial charge in [0.25, 0.3) is 0 Å². The molecule has 0 aliphatic rings. The second-order valence-corrected chi connectivity index (χ2v) is 4.40. The highest BCUT2D eigenvalue weighted by Gasteiger charge is 2.10. The lowest BCUT2D eigenvalue weighted by Gasteiger charge is -2.07. The predicted molar refractivity (Wildman–Crippen MR) is 60.5 cm³/mol. The van der Waals surface area contributed by atoms with Crippen molar-refractivity contribution >= 4 is 17.0 Å². The first kappa shape index (κ1) is 11.9. The number of nitrogens with zero attached hydrogens (tertiary/aromatic N) is 1. The third-order valence-corrected chi connectivity index (χ3v) is 3.23. The first-order valence-corrected chi connectivity index (χ1v) is 5.73. The van der Waals surface area contributed by atoms with Crippen LogP contribution < -0.4 is 5.32 Å². The number of halogens is 3. The third-order valence-electron chi connectivity index (χ3n) is 2.29. The fourth-order valence-electron chi connectivity index (χ4n) is 1.33. The minimum absolute atomic E-state index is 0.0586. The third kappa shape index (κ3) is 2.58. The molecule has 1 aromatic heterocycles. The number of hydrogen-bond donors (Lipinski definition) is 1. The van der Waals surface area contributed by atoms with Crippen LogP contribution in [0.4, 0.5) is 18.9 Å². The lowest BCUT2D eigenvalue weighted by Crippen LogP contribution is -2.02. The quantitative estimate of drug-likeness (QED) is 0.852. The zero-order valence-corrected chi connectivity index (χ0v) is 9.75. The van der Waals surface area contributed by atoms with E-state index < -0.39 is 17.5 Å². The molecule has 0 saturated carbocycles. The van der Waals surface area contributed by atoms with Crippen molar-refractivity contribution in [1.82, 2.24) is 4.98 Å². The first-order valence-electron chi connectivity index (χ1n) is 4.85. The van der Waals surface area contributed by atoms with Crippen LogP contribution in [-0.2, 0) is 6.54 Å². The van der Waals surface area contributed by atoms with Crippen molar-refractivity contribution < 1.29 is 13.2 Å². The molecule has 0 atom stereocenters. The molecule has 1 aromatic carbocycles. The van der Waals surface area contributed by atoms with Gasteiger partial charge in [0, 0.05) is 17.0 Å². The fourth-order valence-corrected chi connectivity index (χ4v) is 2.05. The lowest BCUT2D eigenvalue weighted by molar-refractivity contribution is 0.496. The smallest absolute Gasteiger partial charge is 0.161 e. The van der Waals surface area contributed by atoms with Gasteiger partial charge in [0.15, 0.2) is 11.6 Å². The molecule has 0 saturated heterocycles. The summed E-state index contributed by atoms with van der Waals surface area (Å²) in [6.45, 7) is 2.16. The van der Waals surface area contributed by atoms with E-state index in [-0.39, 0.29) is 5.69 Å². The van der Waals surface area contributed by atoms with E-state index in [9.17, 15) is 13.2 Å². The summed E-state index contributed by atoms with van der Waals surface area (Å²) in [7, 11) is 0. The standard InChI is InChI=1S/C11H9F3N2S/c1-6-11(17-5-16-6)4-15-10-3-8(13)7(12)2-9(10)14/h2-3,5,15H,4H2,1H3. The van der Waals surface area contributed by atoms with E-state index in [1.807, 2.05) is 6.92 Å². The Morgan fingerprint density at radius 2 is 1.88 bits per heavy atom. The number of anilines is 1. The van der Waals surface area contributed by atoms with Crippen molar-refractivity contribution in [3.8, 4) is 0 Å². The van der Waals surface area contributed by atoms with Gasteiger partial charge in [0.05, 0.1) is 23.4 Å². The van der Waals surface area contributed by atoms with E-state index in [0.29, 0.717) is 12.6 Å². The van der Waals surface area contributed by atoms with Crippen molar-refractivity contribution in [2.45, 2.75) is 13.5 Å². The minimum atomic E-state index is -1.19. The Labute approximate surface area is 100 Å². The average molecular weight is 258 g/mol. The Hall–Kier alpha value is -1.56. The van der Waals surface area contributed by atoms with Crippen molar-refractivity contribution in [2.75, 3.05) is 5.32 Å². The summed E-state index contributed by atoms with van der Waals surface area (Å²) in [5.41, 5.74) is 2.45. The summed E-state index contributed by atoms with van der Waals surface area (Å²) in [6, 6.07) is 1.33. The van der Waals surface area contributed by atoms with Gasteiger partial charge in [0.1, 0.15) is 5.82 Å². The number of aromatic nitrogens is 1. The zero-order valence-electron chi connectivity index (χ0n) is 8.93. The van der Waals surface area contributed by atoms with Crippen LogP contribution in [0.3, 0.4) is 0 Å². The topological polar surface area (TPSA) is 24.9 Å². The second-order valence-electron chi connectivity index (χ2n) is 3.46. The second kappa shape index (κ2) is 4.75. The van der Waals surface area contributed by atoms with Gasteiger partial charge in [-0.3, -0.25) is 0 Å². The number of aryl methyl sites for hydroxylation is 1. The summed E-state index contributed by atoms with van der Waals surface area (Å²) in [5.74, 6) is -3.08. The van der Waals surface area contributed by atoms with Crippen LogP contribution in [0.15, 0.2) is 17.6 Å². The van der Waals surface area contributed by atoms with Crippen LogP contribution in [-0.4, -0.2) is 4.98 Å². The molecular formula is C11H9F3N2S. The molecule has 0 amide bonds. The summed E-state index contributed by atoms with van der Waals surface area (Å²) in [6.07, 6.45) is 0. The molecule has 0 unspecified atom stereocenters. The lowest BCUT2D eigenvalue weighted by atomic mass is 10.2. The Bertz CT molecular complexity index is 540. The van der Waals surface area contributed by atoms with Crippen molar-refractivity contribution in [3.63, 3.8) is 0 Å². The highest BCUT2D eigenvalue weighted by atomic mass is 32.1. The Kier molecular flexibility index (Phi) is 3.33. The summed E-state index contributed by atoms with van der Waals surface area (Å²) in [4.78, 5) is 4.96. The van der Waals surface area contributed by atoms with Crippen molar-refractivity contribution in [1.29, 1.82) is 0 Å². The van der Waals surface area contributed by atoms with E-state index in [0.717, 1.165) is 16.6 Å². The molecular weight excluding hydrogens is 249 g/mol. The van der Waals surface area contributed by atoms with Crippen LogP contribution in [0.2, 0.25) is 0 Å². The molecule has 0 fully saturated rings. The summed E-state index contributed by atoms with van der Waals surface area (Å²) >= 11 is 1.42. The molecule has 2 nitrogen and oxygen atoms in total. The SMILES string of the molecule is Cc1ncsc1CNc1cc(F)c(F)cc1F. The summed E-state index contributed by atoms with van der Waals surface area (Å²) < 4.78 is 38.9. The molecule has 90 valence electrons. The van der Waals surface area contributed by atoms with Crippen LogP contribution in [0, 0.1) is 24.4 Å². The Morgan fingerprint density at radius 1 is 1.18 bits per heavy atom. The van der Waals surface area contributed by atoms with Crippen LogP contribution in [0.5, 0.6) is 0 Å². The van der Waals surface area contributed by atoms with Gasteiger partial charge >= 0.3 is 0 Å². The van der Waals surface area contributed by atoms with Crippen LogP contribution in [0.25, 0.3) is 0 Å². The molecule has 17 heavy (non-hydrogen) atoms. The molecule has 2 aromatic rings. The van der Waals surface area contributed by atoms with Gasteiger partial charge in [-0.15, -0.1) is 11.3 Å². The number of rotatable bonds is 3. The van der Waals surface area contributed by atoms with Crippen LogP contribution >= 0.6 is 11.3 Å².